The molecule has 2 aromatic heterocycles. The van der Waals surface area contributed by atoms with Crippen LogP contribution in [0.3, 0.4) is 0 Å². The average Bonchev–Trinajstić information content (AvgIpc) is 2.69. The van der Waals surface area contributed by atoms with E-state index in [9.17, 15) is 10.2 Å². The van der Waals surface area contributed by atoms with Crippen molar-refractivity contribution in [3.05, 3.63) is 71.6 Å². The first kappa shape index (κ1) is 17.2. The van der Waals surface area contributed by atoms with Gasteiger partial charge in [0.1, 0.15) is 5.75 Å². The highest BCUT2D eigenvalue weighted by atomic mass is 35.5. The minimum atomic E-state index is -0.130. The third-order valence-corrected chi connectivity index (χ3v) is 4.41. The van der Waals surface area contributed by atoms with Gasteiger partial charge in [0.25, 0.3) is 0 Å². The number of aliphatic hydroxyl groups is 1. The van der Waals surface area contributed by atoms with Crippen LogP contribution in [0.1, 0.15) is 5.69 Å². The number of aliphatic hydroxyl groups excluding tert-OH is 1. The predicted molar refractivity (Wildman–Crippen MR) is 105 cm³/mol. The monoisotopic (exact) mass is 378 g/mol. The van der Waals surface area contributed by atoms with Gasteiger partial charge >= 0.3 is 0 Å². The minimum absolute atomic E-state index is 0.130. The van der Waals surface area contributed by atoms with Crippen LogP contribution in [0.25, 0.3) is 22.0 Å². The standard InChI is InChI=1S/C20H15ClN4O2/c21-18-3-2-16(27)9-17(18)12-1-4-19-13(7-12)10-23-20(25-19)24-14-5-6-22-15(8-14)11-26/h1-10,26-27H,11H2,(H,22,23,24,25). The van der Waals surface area contributed by atoms with Gasteiger partial charge in [-0.1, -0.05) is 17.7 Å². The van der Waals surface area contributed by atoms with Crippen LogP contribution in [0.5, 0.6) is 5.75 Å². The SMILES string of the molecule is OCc1cc(Nc2ncc3cc(-c4cc(O)ccc4Cl)ccc3n2)ccn1. The molecule has 2 aromatic carbocycles. The number of halogens is 1. The number of fused-ring (bicyclic) bond motifs is 1. The molecule has 0 bridgehead atoms. The zero-order valence-electron chi connectivity index (χ0n) is 14.1. The normalized spacial score (nSPS) is 10.9. The first-order chi connectivity index (χ1) is 13.1. The molecule has 0 radical (unpaired) electrons. The van der Waals surface area contributed by atoms with Crippen LogP contribution >= 0.6 is 11.6 Å². The Morgan fingerprint density at radius 1 is 1.00 bits per heavy atom. The van der Waals surface area contributed by atoms with E-state index in [0.29, 0.717) is 16.7 Å². The molecule has 3 N–H and O–H groups in total. The number of nitrogens with one attached hydrogen (secondary N) is 1. The van der Waals surface area contributed by atoms with Gasteiger partial charge in [-0.05, 0) is 48.0 Å². The smallest absolute Gasteiger partial charge is 0.227 e. The molecule has 0 spiro atoms. The maximum atomic E-state index is 9.71. The van der Waals surface area contributed by atoms with Crippen molar-refractivity contribution in [1.82, 2.24) is 15.0 Å². The molecule has 0 saturated heterocycles. The summed E-state index contributed by atoms with van der Waals surface area (Å²) in [6.45, 7) is -0.130. The van der Waals surface area contributed by atoms with E-state index in [1.807, 2.05) is 18.2 Å². The fourth-order valence-corrected chi connectivity index (χ4v) is 2.99. The Hall–Kier alpha value is -3.22. The molecule has 134 valence electrons. The van der Waals surface area contributed by atoms with E-state index in [1.54, 1.807) is 42.7 Å². The highest BCUT2D eigenvalue weighted by Gasteiger charge is 2.08. The molecule has 0 fully saturated rings. The molecular formula is C20H15ClN4O2. The van der Waals surface area contributed by atoms with Crippen LogP contribution in [-0.4, -0.2) is 25.2 Å². The quantitative estimate of drug-likeness (QED) is 0.490. The second kappa shape index (κ2) is 7.19. The van der Waals surface area contributed by atoms with Crippen LogP contribution in [-0.2, 0) is 6.61 Å². The average molecular weight is 379 g/mol. The first-order valence-corrected chi connectivity index (χ1v) is 8.59. The number of benzene rings is 2. The molecule has 6 nitrogen and oxygen atoms in total. The van der Waals surface area contributed by atoms with Crippen LogP contribution in [0.15, 0.2) is 60.9 Å². The third kappa shape index (κ3) is 3.67. The molecule has 0 amide bonds. The van der Waals surface area contributed by atoms with E-state index >= 15 is 0 Å². The highest BCUT2D eigenvalue weighted by Crippen LogP contribution is 2.32. The van der Waals surface area contributed by atoms with Gasteiger partial charge in [0, 0.05) is 34.1 Å². The number of nitrogens with zero attached hydrogens (tertiary/aromatic N) is 3. The summed E-state index contributed by atoms with van der Waals surface area (Å²) >= 11 is 6.25. The second-order valence-electron chi connectivity index (χ2n) is 5.95. The molecular weight excluding hydrogens is 364 g/mol. The van der Waals surface area contributed by atoms with Crippen molar-refractivity contribution < 1.29 is 10.2 Å². The summed E-state index contributed by atoms with van der Waals surface area (Å²) in [5.74, 6) is 0.602. The summed E-state index contributed by atoms with van der Waals surface area (Å²) < 4.78 is 0. The summed E-state index contributed by atoms with van der Waals surface area (Å²) in [5.41, 5.74) is 3.69. The van der Waals surface area contributed by atoms with Gasteiger partial charge in [-0.15, -0.1) is 0 Å². The molecule has 0 saturated carbocycles. The van der Waals surface area contributed by atoms with Crippen molar-refractivity contribution in [1.29, 1.82) is 0 Å². The van der Waals surface area contributed by atoms with E-state index in [0.717, 1.165) is 27.7 Å². The van der Waals surface area contributed by atoms with Crippen molar-refractivity contribution in [3.8, 4) is 16.9 Å². The number of anilines is 2. The maximum Gasteiger partial charge on any atom is 0.227 e. The lowest BCUT2D eigenvalue weighted by molar-refractivity contribution is 0.277. The van der Waals surface area contributed by atoms with Crippen molar-refractivity contribution >= 4 is 34.1 Å². The van der Waals surface area contributed by atoms with Gasteiger partial charge < -0.3 is 15.5 Å². The Balaban J connectivity index is 1.67. The number of rotatable bonds is 4. The molecule has 0 aliphatic carbocycles. The molecule has 0 unspecified atom stereocenters. The van der Waals surface area contributed by atoms with E-state index < -0.39 is 0 Å². The molecule has 0 atom stereocenters. The fraction of sp³-hybridized carbons (Fsp3) is 0.0500. The van der Waals surface area contributed by atoms with Crippen LogP contribution in [0.2, 0.25) is 5.02 Å². The number of aromatic nitrogens is 3. The Bertz CT molecular complexity index is 1130. The van der Waals surface area contributed by atoms with Gasteiger partial charge in [-0.2, -0.15) is 0 Å². The maximum absolute atomic E-state index is 9.71. The first-order valence-electron chi connectivity index (χ1n) is 8.21. The highest BCUT2D eigenvalue weighted by molar-refractivity contribution is 6.33. The summed E-state index contributed by atoms with van der Waals surface area (Å²) in [5, 5.41) is 23.4. The number of aromatic hydroxyl groups is 1. The molecule has 4 rings (SSSR count). The van der Waals surface area contributed by atoms with Gasteiger partial charge in [0.05, 0.1) is 17.8 Å². The van der Waals surface area contributed by atoms with Gasteiger partial charge in [0.15, 0.2) is 0 Å². The minimum Gasteiger partial charge on any atom is -0.508 e. The van der Waals surface area contributed by atoms with Gasteiger partial charge in [-0.25, -0.2) is 9.97 Å². The summed E-state index contributed by atoms with van der Waals surface area (Å²) in [6.07, 6.45) is 3.33. The predicted octanol–water partition coefficient (Wildman–Crippen LogP) is 4.29. The Kier molecular flexibility index (Phi) is 4.58. The van der Waals surface area contributed by atoms with E-state index in [4.69, 9.17) is 11.6 Å². The molecule has 2 heterocycles. The van der Waals surface area contributed by atoms with E-state index in [1.165, 1.54) is 0 Å². The molecule has 0 aliphatic rings. The van der Waals surface area contributed by atoms with Crippen LogP contribution in [0, 0.1) is 0 Å². The topological polar surface area (TPSA) is 91.2 Å². The second-order valence-corrected chi connectivity index (χ2v) is 6.36. The van der Waals surface area contributed by atoms with Crippen LogP contribution < -0.4 is 5.32 Å². The molecule has 0 aliphatic heterocycles. The van der Waals surface area contributed by atoms with Crippen molar-refractivity contribution in [3.63, 3.8) is 0 Å². The molecule has 27 heavy (non-hydrogen) atoms. The molecule has 7 heteroatoms. The summed E-state index contributed by atoms with van der Waals surface area (Å²) in [7, 11) is 0. The summed E-state index contributed by atoms with van der Waals surface area (Å²) in [4.78, 5) is 12.9. The van der Waals surface area contributed by atoms with Crippen molar-refractivity contribution in [2.75, 3.05) is 5.32 Å². The van der Waals surface area contributed by atoms with Crippen LogP contribution in [0.4, 0.5) is 11.6 Å². The lowest BCUT2D eigenvalue weighted by Gasteiger charge is -2.09. The number of phenolic OH excluding ortho intramolecular Hbond substituents is 1. The Morgan fingerprint density at radius 3 is 2.74 bits per heavy atom. The fourth-order valence-electron chi connectivity index (χ4n) is 2.77. The summed E-state index contributed by atoms with van der Waals surface area (Å²) in [6, 6.07) is 14.1. The Morgan fingerprint density at radius 2 is 1.89 bits per heavy atom. The third-order valence-electron chi connectivity index (χ3n) is 4.08. The lowest BCUT2D eigenvalue weighted by Crippen LogP contribution is -1.99. The zero-order valence-corrected chi connectivity index (χ0v) is 14.9. The molecule has 4 aromatic rings. The van der Waals surface area contributed by atoms with E-state index in [2.05, 4.69) is 20.3 Å². The largest absolute Gasteiger partial charge is 0.508 e. The van der Waals surface area contributed by atoms with E-state index in [-0.39, 0.29) is 12.4 Å². The Labute approximate surface area is 160 Å². The lowest BCUT2D eigenvalue weighted by atomic mass is 10.0. The number of hydrogen-bond donors (Lipinski definition) is 3. The van der Waals surface area contributed by atoms with Crippen molar-refractivity contribution in [2.45, 2.75) is 6.61 Å². The number of hydrogen-bond acceptors (Lipinski definition) is 6. The number of phenols is 1. The van der Waals surface area contributed by atoms with Gasteiger partial charge in [-0.3, -0.25) is 4.98 Å². The number of pyridine rings is 1. The zero-order chi connectivity index (χ0) is 18.8. The van der Waals surface area contributed by atoms with Crippen molar-refractivity contribution in [2.24, 2.45) is 0 Å². The van der Waals surface area contributed by atoms with Gasteiger partial charge in [0.2, 0.25) is 5.95 Å².